The van der Waals surface area contributed by atoms with Crippen LogP contribution in [-0.2, 0) is 14.3 Å². The molecule has 0 saturated heterocycles. The highest BCUT2D eigenvalue weighted by atomic mass is 16.5. The summed E-state index contributed by atoms with van der Waals surface area (Å²) in [6.07, 6.45) is 89.1. The van der Waals surface area contributed by atoms with Gasteiger partial charge in [-0.15, -0.1) is 0 Å². The van der Waals surface area contributed by atoms with Crippen LogP contribution in [0.1, 0.15) is 399 Å². The number of carbonyl (C=O) groups is 2. The van der Waals surface area contributed by atoms with Crippen LogP contribution in [0.3, 0.4) is 0 Å². The Bertz CT molecular complexity index is 1300. The van der Waals surface area contributed by atoms with Crippen LogP contribution in [0.5, 0.6) is 0 Å². The molecule has 0 heterocycles. The maximum Gasteiger partial charge on any atom is 0.305 e. The van der Waals surface area contributed by atoms with Gasteiger partial charge in [0.2, 0.25) is 5.91 Å². The van der Waals surface area contributed by atoms with Crippen molar-refractivity contribution in [3.05, 3.63) is 36.5 Å². The smallest absolute Gasteiger partial charge is 0.305 e. The van der Waals surface area contributed by atoms with Gasteiger partial charge in [-0.05, 0) is 77.0 Å². The number of aliphatic hydroxyl groups excluding tert-OH is 2. The van der Waals surface area contributed by atoms with E-state index in [9.17, 15) is 19.8 Å². The Balaban J connectivity index is 3.39. The van der Waals surface area contributed by atoms with E-state index in [1.807, 2.05) is 0 Å². The maximum absolute atomic E-state index is 12.6. The van der Waals surface area contributed by atoms with E-state index in [-0.39, 0.29) is 18.5 Å². The Morgan fingerprint density at radius 3 is 1.00 bits per heavy atom. The molecule has 0 aliphatic carbocycles. The van der Waals surface area contributed by atoms with E-state index >= 15 is 0 Å². The van der Waals surface area contributed by atoms with Crippen molar-refractivity contribution in [2.24, 2.45) is 0 Å². The van der Waals surface area contributed by atoms with E-state index in [2.05, 4.69) is 55.6 Å². The molecule has 0 rings (SSSR count). The van der Waals surface area contributed by atoms with Gasteiger partial charge in [-0.1, -0.05) is 346 Å². The van der Waals surface area contributed by atoms with Crippen LogP contribution in [0.15, 0.2) is 36.5 Å². The summed E-state index contributed by atoms with van der Waals surface area (Å²) in [5, 5.41) is 23.4. The maximum atomic E-state index is 12.6. The van der Waals surface area contributed by atoms with Gasteiger partial charge in [0, 0.05) is 12.8 Å². The molecule has 0 aromatic heterocycles. The van der Waals surface area contributed by atoms with Crippen molar-refractivity contribution in [3.63, 3.8) is 0 Å². The number of hydrogen-bond acceptors (Lipinski definition) is 5. The molecule has 0 fully saturated rings. The number of unbranched alkanes of at least 4 members (excludes halogenated alkanes) is 51. The zero-order chi connectivity index (χ0) is 57.8. The standard InChI is InChI=1S/C74H141NO5/c1-3-5-7-9-11-13-15-17-19-20-21-22-30-33-36-39-42-46-50-54-58-62-66-72(77)71(70-76)75-73(78)67-63-59-55-51-47-43-40-37-34-31-28-26-24-23-25-27-29-32-35-38-41-45-49-53-57-61-65-69-80-74(79)68-64-60-56-52-48-44-18-16-14-12-10-8-6-4-2/h10,12,16,18,23-24,71-72,76-77H,3-9,11,13-15,17,19-22,25-70H2,1-2H3,(H,75,78)/b12-10-,18-16-,24-23-. The molecule has 6 heteroatoms. The number of ether oxygens (including phenoxy) is 1. The van der Waals surface area contributed by atoms with E-state index in [1.165, 1.54) is 315 Å². The Labute approximate surface area is 500 Å². The molecule has 6 nitrogen and oxygen atoms in total. The molecule has 0 radical (unpaired) electrons. The second kappa shape index (κ2) is 69.6. The van der Waals surface area contributed by atoms with Crippen molar-refractivity contribution in [2.75, 3.05) is 13.2 Å². The Kier molecular flexibility index (Phi) is 67.9. The Morgan fingerprint density at radius 1 is 0.350 bits per heavy atom. The van der Waals surface area contributed by atoms with Crippen LogP contribution in [0.25, 0.3) is 0 Å². The second-order valence-corrected chi connectivity index (χ2v) is 24.9. The van der Waals surface area contributed by atoms with Crippen molar-refractivity contribution in [1.82, 2.24) is 5.32 Å². The summed E-state index contributed by atoms with van der Waals surface area (Å²) in [6, 6.07) is -0.544. The van der Waals surface area contributed by atoms with Crippen molar-refractivity contribution in [3.8, 4) is 0 Å². The molecule has 472 valence electrons. The van der Waals surface area contributed by atoms with Crippen molar-refractivity contribution in [1.29, 1.82) is 0 Å². The van der Waals surface area contributed by atoms with Crippen LogP contribution < -0.4 is 5.32 Å². The molecule has 0 aromatic carbocycles. The van der Waals surface area contributed by atoms with Gasteiger partial charge in [-0.25, -0.2) is 0 Å². The van der Waals surface area contributed by atoms with E-state index < -0.39 is 12.1 Å². The molecule has 3 N–H and O–H groups in total. The fourth-order valence-electron chi connectivity index (χ4n) is 11.4. The van der Waals surface area contributed by atoms with Crippen LogP contribution in [0.4, 0.5) is 0 Å². The average molecular weight is 1120 g/mol. The zero-order valence-electron chi connectivity index (χ0n) is 54.1. The number of allylic oxidation sites excluding steroid dienone is 6. The third-order valence-electron chi connectivity index (χ3n) is 16.9. The van der Waals surface area contributed by atoms with E-state index in [0.29, 0.717) is 25.9 Å². The molecule has 0 bridgehead atoms. The first-order chi connectivity index (χ1) is 39.5. The summed E-state index contributed by atoms with van der Waals surface area (Å²) in [7, 11) is 0. The molecular weight excluding hydrogens is 983 g/mol. The summed E-state index contributed by atoms with van der Waals surface area (Å²) >= 11 is 0. The van der Waals surface area contributed by atoms with E-state index in [0.717, 1.165) is 51.4 Å². The van der Waals surface area contributed by atoms with Crippen molar-refractivity contribution in [2.45, 2.75) is 411 Å². The average Bonchev–Trinajstić information content (AvgIpc) is 3.46. The molecule has 0 saturated carbocycles. The van der Waals surface area contributed by atoms with Crippen LogP contribution in [-0.4, -0.2) is 47.4 Å². The Hall–Kier alpha value is -1.92. The SMILES string of the molecule is CCCC/C=C\C/C=C\CCCCCCCC(=O)OCCCCCCCCCCCCCC/C=C\CCCCCCCCCCCCCC(=O)NC(CO)C(O)CCCCCCCCCCCCCCCCCCCCCCCC. The fraction of sp³-hybridized carbons (Fsp3) is 0.892. The predicted octanol–water partition coefficient (Wildman–Crippen LogP) is 23.5. The summed E-state index contributed by atoms with van der Waals surface area (Å²) in [5.41, 5.74) is 0. The molecule has 2 unspecified atom stereocenters. The van der Waals surface area contributed by atoms with Gasteiger partial charge in [0.15, 0.2) is 0 Å². The third kappa shape index (κ3) is 65.2. The topological polar surface area (TPSA) is 95.9 Å². The molecule has 0 aromatic rings. The first kappa shape index (κ1) is 78.1. The lowest BCUT2D eigenvalue weighted by Gasteiger charge is -2.22. The summed E-state index contributed by atoms with van der Waals surface area (Å²) < 4.78 is 5.48. The predicted molar refractivity (Wildman–Crippen MR) is 352 cm³/mol. The fourth-order valence-corrected chi connectivity index (χ4v) is 11.4. The zero-order valence-corrected chi connectivity index (χ0v) is 54.1. The van der Waals surface area contributed by atoms with Gasteiger partial charge in [-0.3, -0.25) is 9.59 Å². The first-order valence-electron chi connectivity index (χ1n) is 36.2. The number of rotatable bonds is 68. The molecule has 2 atom stereocenters. The normalized spacial score (nSPS) is 12.7. The van der Waals surface area contributed by atoms with Crippen molar-refractivity contribution < 1.29 is 24.5 Å². The monoisotopic (exact) mass is 1120 g/mol. The van der Waals surface area contributed by atoms with Gasteiger partial charge in [0.05, 0.1) is 25.4 Å². The van der Waals surface area contributed by atoms with E-state index in [1.54, 1.807) is 0 Å². The summed E-state index contributed by atoms with van der Waals surface area (Å²) in [5.74, 6) is -0.0306. The minimum absolute atomic E-state index is 0.000989. The minimum Gasteiger partial charge on any atom is -0.466 e. The first-order valence-corrected chi connectivity index (χ1v) is 36.2. The number of hydrogen-bond donors (Lipinski definition) is 3. The summed E-state index contributed by atoms with van der Waals surface area (Å²) in [6.45, 7) is 4.94. The highest BCUT2D eigenvalue weighted by Gasteiger charge is 2.20. The quantitative estimate of drug-likeness (QED) is 0.0320. The lowest BCUT2D eigenvalue weighted by Crippen LogP contribution is -2.45. The highest BCUT2D eigenvalue weighted by Crippen LogP contribution is 2.19. The second-order valence-electron chi connectivity index (χ2n) is 24.9. The molecular formula is C74H141NO5. The number of amides is 1. The highest BCUT2D eigenvalue weighted by molar-refractivity contribution is 5.76. The molecule has 1 amide bonds. The number of esters is 1. The van der Waals surface area contributed by atoms with Gasteiger partial charge in [-0.2, -0.15) is 0 Å². The number of carbonyl (C=O) groups excluding carboxylic acids is 2. The Morgan fingerprint density at radius 2 is 0.637 bits per heavy atom. The lowest BCUT2D eigenvalue weighted by molar-refractivity contribution is -0.143. The third-order valence-corrected chi connectivity index (χ3v) is 16.9. The van der Waals surface area contributed by atoms with Crippen LogP contribution in [0.2, 0.25) is 0 Å². The van der Waals surface area contributed by atoms with Gasteiger partial charge >= 0.3 is 5.97 Å². The molecule has 80 heavy (non-hydrogen) atoms. The van der Waals surface area contributed by atoms with Gasteiger partial charge in [0.1, 0.15) is 0 Å². The minimum atomic E-state index is -0.666. The van der Waals surface area contributed by atoms with E-state index in [4.69, 9.17) is 4.74 Å². The number of aliphatic hydroxyl groups is 2. The van der Waals surface area contributed by atoms with Crippen molar-refractivity contribution >= 4 is 11.9 Å². The molecule has 0 aliphatic rings. The molecule has 0 aliphatic heterocycles. The summed E-state index contributed by atoms with van der Waals surface area (Å²) in [4.78, 5) is 24.6. The van der Waals surface area contributed by atoms with Crippen LogP contribution in [0, 0.1) is 0 Å². The largest absolute Gasteiger partial charge is 0.466 e. The van der Waals surface area contributed by atoms with Gasteiger partial charge in [0.25, 0.3) is 0 Å². The number of nitrogens with one attached hydrogen (secondary N) is 1. The van der Waals surface area contributed by atoms with Crippen LogP contribution >= 0.6 is 0 Å². The lowest BCUT2D eigenvalue weighted by atomic mass is 10.0. The molecule has 0 spiro atoms. The van der Waals surface area contributed by atoms with Gasteiger partial charge < -0.3 is 20.3 Å².